The smallest absolute Gasteiger partial charge is 0.354 e. The average molecular weight is 206 g/mol. The molecule has 0 saturated heterocycles. The first-order chi connectivity index (χ1) is 7.09. The minimum atomic E-state index is -1.30. The van der Waals surface area contributed by atoms with Crippen LogP contribution in [0.2, 0.25) is 0 Å². The SMILES string of the molecule is COC(=O)[C@@]1(C)OC(=O)c2ccccc21. The lowest BCUT2D eigenvalue weighted by molar-refractivity contribution is -0.160. The van der Waals surface area contributed by atoms with Gasteiger partial charge in [-0.2, -0.15) is 0 Å². The van der Waals surface area contributed by atoms with Gasteiger partial charge in [-0.25, -0.2) is 9.59 Å². The van der Waals surface area contributed by atoms with Crippen molar-refractivity contribution in [3.63, 3.8) is 0 Å². The van der Waals surface area contributed by atoms with Crippen molar-refractivity contribution >= 4 is 11.9 Å². The second-order valence-electron chi connectivity index (χ2n) is 3.46. The number of hydrogen-bond acceptors (Lipinski definition) is 4. The Morgan fingerprint density at radius 1 is 1.40 bits per heavy atom. The number of fused-ring (bicyclic) bond motifs is 1. The van der Waals surface area contributed by atoms with E-state index in [0.29, 0.717) is 11.1 Å². The number of esters is 2. The van der Waals surface area contributed by atoms with E-state index in [1.54, 1.807) is 24.3 Å². The zero-order valence-electron chi connectivity index (χ0n) is 8.44. The molecule has 0 N–H and O–H groups in total. The van der Waals surface area contributed by atoms with Crippen LogP contribution in [0.5, 0.6) is 0 Å². The number of methoxy groups -OCH3 is 1. The molecule has 0 spiro atoms. The third kappa shape index (κ3) is 1.21. The molecule has 1 aliphatic heterocycles. The highest BCUT2D eigenvalue weighted by Crippen LogP contribution is 2.36. The second kappa shape index (κ2) is 3.08. The van der Waals surface area contributed by atoms with Crippen molar-refractivity contribution in [2.45, 2.75) is 12.5 Å². The van der Waals surface area contributed by atoms with Crippen molar-refractivity contribution in [2.24, 2.45) is 0 Å². The molecule has 1 heterocycles. The number of rotatable bonds is 1. The summed E-state index contributed by atoms with van der Waals surface area (Å²) in [5, 5.41) is 0. The Labute approximate surface area is 86.8 Å². The number of hydrogen-bond donors (Lipinski definition) is 0. The van der Waals surface area contributed by atoms with Crippen molar-refractivity contribution in [1.29, 1.82) is 0 Å². The highest BCUT2D eigenvalue weighted by atomic mass is 16.6. The van der Waals surface area contributed by atoms with Crippen LogP contribution in [0.1, 0.15) is 22.8 Å². The van der Waals surface area contributed by atoms with Crippen LogP contribution in [0, 0.1) is 0 Å². The molecule has 1 aliphatic rings. The van der Waals surface area contributed by atoms with Gasteiger partial charge < -0.3 is 9.47 Å². The fraction of sp³-hybridized carbons (Fsp3) is 0.273. The molecule has 4 nitrogen and oxygen atoms in total. The Bertz CT molecular complexity index is 438. The van der Waals surface area contributed by atoms with Gasteiger partial charge in [0.05, 0.1) is 12.7 Å². The molecule has 0 amide bonds. The number of ether oxygens (including phenoxy) is 2. The molecule has 1 atom stereocenters. The zero-order valence-corrected chi connectivity index (χ0v) is 8.44. The van der Waals surface area contributed by atoms with E-state index in [0.717, 1.165) is 0 Å². The van der Waals surface area contributed by atoms with Gasteiger partial charge in [-0.1, -0.05) is 18.2 Å². The van der Waals surface area contributed by atoms with Gasteiger partial charge in [-0.3, -0.25) is 0 Å². The van der Waals surface area contributed by atoms with E-state index in [2.05, 4.69) is 4.74 Å². The topological polar surface area (TPSA) is 52.6 Å². The molecule has 0 saturated carbocycles. The largest absolute Gasteiger partial charge is 0.466 e. The lowest BCUT2D eigenvalue weighted by atomic mass is 9.94. The summed E-state index contributed by atoms with van der Waals surface area (Å²) in [6.45, 7) is 1.53. The standard InChI is InChI=1S/C11H10O4/c1-11(10(13)14-2)8-6-4-3-5-7(8)9(12)15-11/h3-6H,1-2H3/t11-/m0/s1. The Morgan fingerprint density at radius 3 is 2.73 bits per heavy atom. The molecular formula is C11H10O4. The van der Waals surface area contributed by atoms with Gasteiger partial charge in [-0.05, 0) is 13.0 Å². The second-order valence-corrected chi connectivity index (χ2v) is 3.46. The van der Waals surface area contributed by atoms with E-state index in [4.69, 9.17) is 4.74 Å². The molecular weight excluding hydrogens is 196 g/mol. The summed E-state index contributed by atoms with van der Waals surface area (Å²) in [6.07, 6.45) is 0. The molecule has 0 aliphatic carbocycles. The van der Waals surface area contributed by atoms with Gasteiger partial charge in [0, 0.05) is 5.56 Å². The summed E-state index contributed by atoms with van der Waals surface area (Å²) in [5.41, 5.74) is -0.324. The minimum absolute atomic E-state index is 0.422. The molecule has 2 rings (SSSR count). The van der Waals surface area contributed by atoms with E-state index < -0.39 is 17.5 Å². The predicted octanol–water partition coefficient (Wildman–Crippen LogP) is 1.25. The Kier molecular flexibility index (Phi) is 2.00. The first-order valence-corrected chi connectivity index (χ1v) is 4.51. The van der Waals surface area contributed by atoms with E-state index in [1.807, 2.05) is 0 Å². The van der Waals surface area contributed by atoms with Crippen molar-refractivity contribution in [3.8, 4) is 0 Å². The Morgan fingerprint density at radius 2 is 2.07 bits per heavy atom. The molecule has 1 aromatic carbocycles. The van der Waals surface area contributed by atoms with Crippen LogP contribution >= 0.6 is 0 Å². The average Bonchev–Trinajstić information content (AvgIpc) is 2.52. The fourth-order valence-corrected chi connectivity index (χ4v) is 1.72. The summed E-state index contributed by atoms with van der Waals surface area (Å²) >= 11 is 0. The summed E-state index contributed by atoms with van der Waals surface area (Å²) in [6, 6.07) is 6.80. The van der Waals surface area contributed by atoms with Crippen molar-refractivity contribution in [1.82, 2.24) is 0 Å². The molecule has 1 aromatic rings. The first kappa shape index (κ1) is 9.71. The number of benzene rings is 1. The predicted molar refractivity (Wildman–Crippen MR) is 51.2 cm³/mol. The van der Waals surface area contributed by atoms with Gasteiger partial charge in [0.2, 0.25) is 5.60 Å². The molecule has 0 bridgehead atoms. The third-order valence-corrected chi connectivity index (χ3v) is 2.53. The highest BCUT2D eigenvalue weighted by molar-refractivity contribution is 6.00. The quantitative estimate of drug-likeness (QED) is 0.649. The van der Waals surface area contributed by atoms with E-state index >= 15 is 0 Å². The summed E-state index contributed by atoms with van der Waals surface area (Å²) in [7, 11) is 1.27. The molecule has 0 fully saturated rings. The van der Waals surface area contributed by atoms with Crippen LogP contribution < -0.4 is 0 Å². The molecule has 0 aromatic heterocycles. The minimum Gasteiger partial charge on any atom is -0.466 e. The third-order valence-electron chi connectivity index (χ3n) is 2.53. The fourth-order valence-electron chi connectivity index (χ4n) is 1.72. The zero-order chi connectivity index (χ0) is 11.1. The first-order valence-electron chi connectivity index (χ1n) is 4.51. The van der Waals surface area contributed by atoms with Crippen molar-refractivity contribution in [3.05, 3.63) is 35.4 Å². The molecule has 4 heteroatoms. The number of carbonyl (C=O) groups excluding carboxylic acids is 2. The van der Waals surface area contributed by atoms with Gasteiger partial charge >= 0.3 is 11.9 Å². The van der Waals surface area contributed by atoms with E-state index in [-0.39, 0.29) is 0 Å². The van der Waals surface area contributed by atoms with E-state index in [1.165, 1.54) is 14.0 Å². The number of cyclic esters (lactones) is 1. The summed E-state index contributed by atoms with van der Waals surface area (Å²) < 4.78 is 9.68. The van der Waals surface area contributed by atoms with Crippen molar-refractivity contribution < 1.29 is 19.1 Å². The van der Waals surface area contributed by atoms with Crippen LogP contribution in [-0.2, 0) is 19.9 Å². The molecule has 15 heavy (non-hydrogen) atoms. The molecule has 78 valence electrons. The maximum atomic E-state index is 11.5. The maximum Gasteiger partial charge on any atom is 0.354 e. The monoisotopic (exact) mass is 206 g/mol. The lowest BCUT2D eigenvalue weighted by Gasteiger charge is -2.20. The summed E-state index contributed by atoms with van der Waals surface area (Å²) in [4.78, 5) is 23.0. The normalized spacial score (nSPS) is 23.2. The van der Waals surface area contributed by atoms with Crippen molar-refractivity contribution in [2.75, 3.05) is 7.11 Å². The van der Waals surface area contributed by atoms with E-state index in [9.17, 15) is 9.59 Å². The van der Waals surface area contributed by atoms with Crippen LogP contribution in [0.4, 0.5) is 0 Å². The Hall–Kier alpha value is -1.84. The number of carbonyl (C=O) groups is 2. The van der Waals surface area contributed by atoms with Gasteiger partial charge in [0.15, 0.2) is 0 Å². The molecule has 0 unspecified atom stereocenters. The Balaban J connectivity index is 2.57. The van der Waals surface area contributed by atoms with Gasteiger partial charge in [-0.15, -0.1) is 0 Å². The lowest BCUT2D eigenvalue weighted by Crippen LogP contribution is -2.33. The van der Waals surface area contributed by atoms with Gasteiger partial charge in [0.1, 0.15) is 0 Å². The highest BCUT2D eigenvalue weighted by Gasteiger charge is 2.48. The molecule has 0 radical (unpaired) electrons. The van der Waals surface area contributed by atoms with Crippen LogP contribution in [0.25, 0.3) is 0 Å². The maximum absolute atomic E-state index is 11.5. The van der Waals surface area contributed by atoms with Gasteiger partial charge in [0.25, 0.3) is 0 Å². The van der Waals surface area contributed by atoms with Crippen LogP contribution in [0.15, 0.2) is 24.3 Å². The van der Waals surface area contributed by atoms with Crippen LogP contribution in [0.3, 0.4) is 0 Å². The van der Waals surface area contributed by atoms with Crippen LogP contribution in [-0.4, -0.2) is 19.0 Å². The summed E-state index contributed by atoms with van der Waals surface area (Å²) in [5.74, 6) is -1.06.